The van der Waals surface area contributed by atoms with Crippen LogP contribution in [0, 0.1) is 0 Å². The Bertz CT molecular complexity index is 1030. The van der Waals surface area contributed by atoms with Crippen LogP contribution in [-0.2, 0) is 4.79 Å². The number of anilines is 2. The Morgan fingerprint density at radius 3 is 2.45 bits per heavy atom. The molecular formula is C22H19F3N2O2S2. The molecule has 31 heavy (non-hydrogen) atoms. The predicted octanol–water partition coefficient (Wildman–Crippen LogP) is 6.71. The van der Waals surface area contributed by atoms with Gasteiger partial charge in [0, 0.05) is 21.6 Å². The molecule has 0 unspecified atom stereocenters. The van der Waals surface area contributed by atoms with Gasteiger partial charge < -0.3 is 4.74 Å². The molecule has 0 N–H and O–H groups in total. The number of nitrogens with zero attached hydrogens (tertiary/aromatic N) is 2. The summed E-state index contributed by atoms with van der Waals surface area (Å²) in [6.07, 6.45) is -3.83. The monoisotopic (exact) mass is 464 g/mol. The highest BCUT2D eigenvalue weighted by Gasteiger charge is 2.26. The largest absolute Gasteiger partial charge is 0.497 e. The van der Waals surface area contributed by atoms with Crippen molar-refractivity contribution in [2.75, 3.05) is 17.8 Å². The number of hydrogen-bond donors (Lipinski definition) is 0. The third-order valence-corrected chi connectivity index (χ3v) is 6.05. The maximum absolute atomic E-state index is 12.5. The summed E-state index contributed by atoms with van der Waals surface area (Å²) in [5, 5.41) is 2.31. The second-order valence-corrected chi connectivity index (χ2v) is 8.33. The van der Waals surface area contributed by atoms with Crippen LogP contribution in [-0.4, -0.2) is 29.9 Å². The van der Waals surface area contributed by atoms with E-state index in [0.29, 0.717) is 21.4 Å². The van der Waals surface area contributed by atoms with Gasteiger partial charge in [-0.3, -0.25) is 9.69 Å². The molecule has 0 aliphatic rings. The van der Waals surface area contributed by atoms with Crippen LogP contribution in [0.5, 0.6) is 5.75 Å². The SMILES string of the molecule is C=CC(=O)N(c1ccc(SCCC(F)(F)F)cc1)c1nc(-c2ccc(OC)cc2)cs1. The van der Waals surface area contributed by atoms with E-state index >= 15 is 0 Å². The molecule has 0 aliphatic carbocycles. The van der Waals surface area contributed by atoms with E-state index in [1.54, 1.807) is 31.4 Å². The molecule has 0 radical (unpaired) electrons. The lowest BCUT2D eigenvalue weighted by atomic mass is 10.2. The van der Waals surface area contributed by atoms with Gasteiger partial charge in [0.1, 0.15) is 5.75 Å². The molecule has 1 amide bonds. The number of thioether (sulfide) groups is 1. The van der Waals surface area contributed by atoms with Gasteiger partial charge >= 0.3 is 6.18 Å². The number of alkyl halides is 3. The minimum Gasteiger partial charge on any atom is -0.497 e. The lowest BCUT2D eigenvalue weighted by Gasteiger charge is -2.18. The van der Waals surface area contributed by atoms with Gasteiger partial charge in [0.25, 0.3) is 5.91 Å². The fourth-order valence-corrected chi connectivity index (χ4v) is 4.42. The summed E-state index contributed by atoms with van der Waals surface area (Å²) >= 11 is 2.42. The van der Waals surface area contributed by atoms with Crippen LogP contribution >= 0.6 is 23.1 Å². The fourth-order valence-electron chi connectivity index (χ4n) is 2.66. The third-order valence-electron chi connectivity index (χ3n) is 4.21. The Morgan fingerprint density at radius 2 is 1.87 bits per heavy atom. The summed E-state index contributed by atoms with van der Waals surface area (Å²) in [7, 11) is 1.59. The van der Waals surface area contributed by atoms with Crippen molar-refractivity contribution in [2.45, 2.75) is 17.5 Å². The average Bonchev–Trinajstić information content (AvgIpc) is 3.23. The number of thiazole rings is 1. The standard InChI is InChI=1S/C22H19F3N2O2S2/c1-3-20(28)27(16-6-10-18(11-7-16)30-13-12-22(23,24)25)21-26-19(14-31-21)15-4-8-17(29-2)9-5-15/h3-11,14H,1,12-13H2,2H3. The number of carbonyl (C=O) groups is 1. The zero-order valence-corrected chi connectivity index (χ0v) is 18.2. The number of hydrogen-bond acceptors (Lipinski definition) is 5. The number of methoxy groups -OCH3 is 1. The molecule has 9 heteroatoms. The summed E-state index contributed by atoms with van der Waals surface area (Å²) in [5.41, 5.74) is 2.15. The number of carbonyl (C=O) groups excluding carboxylic acids is 1. The quantitative estimate of drug-likeness (QED) is 0.274. The number of amides is 1. The van der Waals surface area contributed by atoms with Gasteiger partial charge in [-0.1, -0.05) is 6.58 Å². The highest BCUT2D eigenvalue weighted by molar-refractivity contribution is 7.99. The van der Waals surface area contributed by atoms with Crippen molar-refractivity contribution in [3.8, 4) is 17.0 Å². The van der Waals surface area contributed by atoms with E-state index in [1.807, 2.05) is 29.6 Å². The molecular weight excluding hydrogens is 445 g/mol. The molecule has 0 atom stereocenters. The van der Waals surface area contributed by atoms with E-state index in [2.05, 4.69) is 11.6 Å². The van der Waals surface area contributed by atoms with Gasteiger partial charge in [-0.05, 0) is 54.6 Å². The first-order chi connectivity index (χ1) is 14.8. The van der Waals surface area contributed by atoms with E-state index in [1.165, 1.54) is 22.3 Å². The first kappa shape index (κ1) is 22.9. The maximum atomic E-state index is 12.5. The van der Waals surface area contributed by atoms with E-state index in [0.717, 1.165) is 23.1 Å². The number of ether oxygens (including phenoxy) is 1. The van der Waals surface area contributed by atoms with Crippen LogP contribution in [0.2, 0.25) is 0 Å². The van der Waals surface area contributed by atoms with Gasteiger partial charge in [0.2, 0.25) is 0 Å². The molecule has 3 rings (SSSR count). The molecule has 0 aliphatic heterocycles. The normalized spacial score (nSPS) is 11.2. The van der Waals surface area contributed by atoms with Crippen molar-refractivity contribution in [1.29, 1.82) is 0 Å². The molecule has 162 valence electrons. The van der Waals surface area contributed by atoms with E-state index in [9.17, 15) is 18.0 Å². The first-order valence-corrected chi connectivity index (χ1v) is 11.0. The van der Waals surface area contributed by atoms with Crippen molar-refractivity contribution >= 4 is 39.8 Å². The van der Waals surface area contributed by atoms with Crippen LogP contribution in [0.25, 0.3) is 11.3 Å². The highest BCUT2D eigenvalue weighted by Crippen LogP contribution is 2.34. The van der Waals surface area contributed by atoms with Crippen LogP contribution in [0.3, 0.4) is 0 Å². The lowest BCUT2D eigenvalue weighted by molar-refractivity contribution is -0.129. The van der Waals surface area contributed by atoms with Crippen molar-refractivity contribution < 1.29 is 22.7 Å². The maximum Gasteiger partial charge on any atom is 0.389 e. The number of rotatable bonds is 8. The molecule has 0 saturated carbocycles. The Kier molecular flexibility index (Phi) is 7.40. The molecule has 0 fully saturated rings. The average molecular weight is 465 g/mol. The second kappa shape index (κ2) is 10.0. The topological polar surface area (TPSA) is 42.4 Å². The van der Waals surface area contributed by atoms with Crippen LogP contribution in [0.15, 0.2) is 71.5 Å². The smallest absolute Gasteiger partial charge is 0.389 e. The zero-order valence-electron chi connectivity index (χ0n) is 16.6. The molecule has 2 aromatic carbocycles. The van der Waals surface area contributed by atoms with E-state index < -0.39 is 12.6 Å². The third kappa shape index (κ3) is 6.11. The summed E-state index contributed by atoms with van der Waals surface area (Å²) in [5.74, 6) is 0.319. The van der Waals surface area contributed by atoms with Gasteiger partial charge in [-0.15, -0.1) is 23.1 Å². The molecule has 0 spiro atoms. The Morgan fingerprint density at radius 1 is 1.19 bits per heavy atom. The summed E-state index contributed by atoms with van der Waals surface area (Å²) in [6.45, 7) is 3.56. The second-order valence-electron chi connectivity index (χ2n) is 6.33. The van der Waals surface area contributed by atoms with Gasteiger partial charge in [-0.25, -0.2) is 4.98 Å². The summed E-state index contributed by atoms with van der Waals surface area (Å²) in [6, 6.07) is 14.2. The molecule has 0 bridgehead atoms. The molecule has 3 aromatic rings. The first-order valence-electron chi connectivity index (χ1n) is 9.17. The van der Waals surface area contributed by atoms with Gasteiger partial charge in [-0.2, -0.15) is 13.2 Å². The van der Waals surface area contributed by atoms with E-state index in [-0.39, 0.29) is 11.7 Å². The lowest BCUT2D eigenvalue weighted by Crippen LogP contribution is -2.23. The van der Waals surface area contributed by atoms with Gasteiger partial charge in [0.05, 0.1) is 24.9 Å². The van der Waals surface area contributed by atoms with Crippen LogP contribution in [0.1, 0.15) is 6.42 Å². The highest BCUT2D eigenvalue weighted by atomic mass is 32.2. The molecule has 0 saturated heterocycles. The van der Waals surface area contributed by atoms with Crippen molar-refractivity contribution in [1.82, 2.24) is 4.98 Å². The minimum absolute atomic E-state index is 0.0597. The van der Waals surface area contributed by atoms with E-state index in [4.69, 9.17) is 4.74 Å². The van der Waals surface area contributed by atoms with Gasteiger partial charge in [0.15, 0.2) is 5.13 Å². The Balaban J connectivity index is 1.80. The predicted molar refractivity (Wildman–Crippen MR) is 119 cm³/mol. The molecule has 1 aromatic heterocycles. The summed E-state index contributed by atoms with van der Waals surface area (Å²) in [4.78, 5) is 19.2. The Labute approximate surface area is 186 Å². The van der Waals surface area contributed by atoms with Crippen LogP contribution in [0.4, 0.5) is 24.0 Å². The Hall–Kier alpha value is -2.78. The zero-order chi connectivity index (χ0) is 22.4. The van der Waals surface area contributed by atoms with Crippen molar-refractivity contribution in [3.05, 3.63) is 66.6 Å². The van der Waals surface area contributed by atoms with Crippen molar-refractivity contribution in [3.63, 3.8) is 0 Å². The van der Waals surface area contributed by atoms with Crippen molar-refractivity contribution in [2.24, 2.45) is 0 Å². The number of benzene rings is 2. The number of halogens is 3. The number of aromatic nitrogens is 1. The minimum atomic E-state index is -4.17. The fraction of sp³-hybridized carbons (Fsp3) is 0.182. The van der Waals surface area contributed by atoms with Crippen LogP contribution < -0.4 is 9.64 Å². The molecule has 4 nitrogen and oxygen atoms in total. The summed E-state index contributed by atoms with van der Waals surface area (Å²) < 4.78 is 42.1. The molecule has 1 heterocycles.